The lowest BCUT2D eigenvalue weighted by molar-refractivity contribution is -0.141. The second kappa shape index (κ2) is 28.8. The molecule has 0 saturated heterocycles. The number of hydrogen-bond donors (Lipinski definition) is 5. The summed E-state index contributed by atoms with van der Waals surface area (Å²) in [5, 5.41) is 32.2. The second-order valence-electron chi connectivity index (χ2n) is 17.9. The number of ether oxygens (including phenoxy) is 5. The Bertz CT molecular complexity index is 2390. The summed E-state index contributed by atoms with van der Waals surface area (Å²) < 4.78 is 26.6. The van der Waals surface area contributed by atoms with Crippen LogP contribution in [0.3, 0.4) is 0 Å². The molecule has 4 aliphatic rings. The number of esters is 1. The number of aliphatic hydroxyl groups excluding tert-OH is 2. The van der Waals surface area contributed by atoms with Crippen molar-refractivity contribution in [1.29, 1.82) is 0 Å². The number of fused-ring (bicyclic) bond motifs is 4. The molecule has 0 bridgehead atoms. The van der Waals surface area contributed by atoms with Gasteiger partial charge in [0.1, 0.15) is 48.4 Å². The van der Waals surface area contributed by atoms with Crippen molar-refractivity contribution in [3.05, 3.63) is 123 Å². The number of carbonyl (C=O) groups excluding carboxylic acids is 4. The largest absolute Gasteiger partial charge is 0.507 e. The van der Waals surface area contributed by atoms with E-state index < -0.39 is 17.8 Å². The summed E-state index contributed by atoms with van der Waals surface area (Å²) in [6.07, 6.45) is 7.66. The van der Waals surface area contributed by atoms with Crippen LogP contribution in [0.2, 0.25) is 0 Å². The normalized spacial score (nSPS) is 15.5. The number of alkyl halides is 1. The first-order valence-electron chi connectivity index (χ1n) is 24.0. The Morgan fingerprint density at radius 1 is 0.757 bits per heavy atom. The van der Waals surface area contributed by atoms with E-state index in [2.05, 4.69) is 35.1 Å². The van der Waals surface area contributed by atoms with Crippen LogP contribution in [0.5, 0.6) is 23.0 Å². The van der Waals surface area contributed by atoms with E-state index in [0.29, 0.717) is 49.4 Å². The fraction of sp³-hybridized carbons (Fsp3) is 0.455. The van der Waals surface area contributed by atoms with E-state index in [1.165, 1.54) is 18.9 Å². The van der Waals surface area contributed by atoms with Crippen molar-refractivity contribution in [3.8, 4) is 23.0 Å². The molecule has 0 aromatic heterocycles. The predicted molar refractivity (Wildman–Crippen MR) is 274 cm³/mol. The highest BCUT2D eigenvalue weighted by Crippen LogP contribution is 2.41. The predicted octanol–water partition coefficient (Wildman–Crippen LogP) is 9.23. The smallest absolute Gasteiger partial charge is 0.407 e. The SMILES string of the molecule is CC(=O)OCCOc1cccc2c1C(=O)CC2.CC(C)(C)OC(=O)NCC1=Cc2c(cccc2OCCO)C1.CCCBr.CCCOc1cccc2c1C(O)C(CN)C2.O=C1CCc2cccc(O)c21. The number of nitrogens with two attached hydrogens (primary N) is 1. The van der Waals surface area contributed by atoms with Crippen LogP contribution in [-0.4, -0.2) is 96.0 Å². The van der Waals surface area contributed by atoms with E-state index in [1.807, 2.05) is 81.4 Å². The lowest BCUT2D eigenvalue weighted by atomic mass is 10.0. The van der Waals surface area contributed by atoms with Crippen molar-refractivity contribution in [1.82, 2.24) is 5.32 Å². The molecule has 0 spiro atoms. The van der Waals surface area contributed by atoms with Crippen molar-refractivity contribution in [2.75, 3.05) is 51.5 Å². The second-order valence-corrected chi connectivity index (χ2v) is 18.7. The number of aryl methyl sites for hydroxylation is 2. The zero-order valence-corrected chi connectivity index (χ0v) is 43.0. The molecule has 4 aliphatic carbocycles. The van der Waals surface area contributed by atoms with Gasteiger partial charge in [0.25, 0.3) is 0 Å². The molecule has 14 nitrogen and oxygen atoms in total. The third-order valence-electron chi connectivity index (χ3n) is 11.2. The van der Waals surface area contributed by atoms with Crippen LogP contribution >= 0.6 is 15.9 Å². The number of benzene rings is 4. The molecule has 0 aliphatic heterocycles. The number of phenols is 1. The van der Waals surface area contributed by atoms with Crippen molar-refractivity contribution < 1.29 is 58.2 Å². The molecule has 70 heavy (non-hydrogen) atoms. The average Bonchev–Trinajstić information content (AvgIpc) is 4.13. The minimum Gasteiger partial charge on any atom is -0.507 e. The molecule has 0 radical (unpaired) electrons. The monoisotopic (exact) mass is 1030 g/mol. The van der Waals surface area contributed by atoms with Gasteiger partial charge < -0.3 is 50.1 Å². The summed E-state index contributed by atoms with van der Waals surface area (Å²) >= 11 is 3.25. The number of alkyl carbamates (subject to hydrolysis) is 1. The first-order valence-corrected chi connectivity index (χ1v) is 25.1. The summed E-state index contributed by atoms with van der Waals surface area (Å²) in [4.78, 5) is 45.0. The average molecular weight is 1030 g/mol. The number of Topliss-reactive ketones (excluding diaryl/α,β-unsaturated/α-hetero) is 2. The quantitative estimate of drug-likeness (QED) is 0.0453. The van der Waals surface area contributed by atoms with Crippen LogP contribution in [0.15, 0.2) is 78.4 Å². The van der Waals surface area contributed by atoms with Gasteiger partial charge >= 0.3 is 12.1 Å². The van der Waals surface area contributed by atoms with Crippen LogP contribution in [-0.2, 0) is 40.0 Å². The zero-order chi connectivity index (χ0) is 51.2. The van der Waals surface area contributed by atoms with Gasteiger partial charge in [-0.15, -0.1) is 0 Å². The fourth-order valence-corrected chi connectivity index (χ4v) is 8.01. The van der Waals surface area contributed by atoms with E-state index in [4.69, 9.17) is 34.5 Å². The number of aromatic hydroxyl groups is 1. The van der Waals surface area contributed by atoms with Crippen LogP contribution in [0.1, 0.15) is 127 Å². The number of carbonyl (C=O) groups is 4. The molecule has 0 saturated carbocycles. The Morgan fingerprint density at radius 3 is 1.93 bits per heavy atom. The van der Waals surface area contributed by atoms with E-state index >= 15 is 0 Å². The standard InChI is InChI=1S/C17H23NO4.C13H19NO2.C13H14O4.C9H8O2.C3H7Br/c1-17(2,3)22-16(20)18-11-12-9-13-5-4-6-15(14(13)10-12)21-8-7-19;1-2-6-16-11-5-3-4-9-7-10(8-14)13(15)12(9)11;1-9(14)16-7-8-17-12-4-2-3-10-5-6-11(15)13(10)12;10-7-3-1-2-6-4-5-8(11)9(6)7;1-2-3-4/h4-6,10,19H,7-9,11H2,1-3H3,(H,18,20);3-5,10,13,15H,2,6-8,14H2,1H3;2-4H,5-8H2,1H3;1-3,10H,4-5H2;2-3H2,1H3. The number of hydrogen-bond acceptors (Lipinski definition) is 13. The zero-order valence-electron chi connectivity index (χ0n) is 41.4. The first-order chi connectivity index (χ1) is 33.5. The maximum absolute atomic E-state index is 11.7. The highest BCUT2D eigenvalue weighted by molar-refractivity contribution is 9.09. The Morgan fingerprint density at radius 2 is 1.33 bits per heavy atom. The minimum atomic E-state index is -0.498. The topological polar surface area (TPSA) is 213 Å². The molecular weight excluding hydrogens is 961 g/mol. The maximum atomic E-state index is 11.7. The molecule has 2 atom stereocenters. The highest BCUT2D eigenvalue weighted by Gasteiger charge is 2.32. The van der Waals surface area contributed by atoms with E-state index in [0.717, 1.165) is 82.3 Å². The van der Waals surface area contributed by atoms with Crippen LogP contribution in [0, 0.1) is 5.92 Å². The van der Waals surface area contributed by atoms with Crippen molar-refractivity contribution in [3.63, 3.8) is 0 Å². The van der Waals surface area contributed by atoms with Gasteiger partial charge in [-0.05, 0) is 124 Å². The number of halogens is 1. The molecule has 6 N–H and O–H groups in total. The fourth-order valence-electron chi connectivity index (χ4n) is 8.01. The highest BCUT2D eigenvalue weighted by atomic mass is 79.9. The van der Waals surface area contributed by atoms with E-state index in [-0.39, 0.29) is 55.6 Å². The first kappa shape index (κ1) is 56.8. The minimum absolute atomic E-state index is 0.0135. The summed E-state index contributed by atoms with van der Waals surface area (Å²) in [5.41, 5.74) is 13.8. The summed E-state index contributed by atoms with van der Waals surface area (Å²) in [6, 6.07) is 22.6. The molecule has 1 amide bonds. The number of rotatable bonds is 14. The lowest BCUT2D eigenvalue weighted by Gasteiger charge is -2.19. The summed E-state index contributed by atoms with van der Waals surface area (Å²) in [7, 11) is 0. The number of phenolic OH excluding ortho intramolecular Hbond substituents is 1. The number of nitrogens with one attached hydrogen (secondary N) is 1. The summed E-state index contributed by atoms with van der Waals surface area (Å²) in [6.45, 7) is 13.4. The van der Waals surface area contributed by atoms with Crippen molar-refractivity contribution >= 4 is 45.6 Å². The Balaban J connectivity index is 0.000000202. The Kier molecular flexibility index (Phi) is 23.4. The van der Waals surface area contributed by atoms with Gasteiger partial charge in [0, 0.05) is 48.7 Å². The molecule has 4 aromatic rings. The molecule has 380 valence electrons. The van der Waals surface area contributed by atoms with Crippen LogP contribution < -0.4 is 25.3 Å². The van der Waals surface area contributed by atoms with Crippen LogP contribution in [0.25, 0.3) is 6.08 Å². The molecule has 4 aromatic carbocycles. The van der Waals surface area contributed by atoms with Crippen LogP contribution in [0.4, 0.5) is 4.79 Å². The Hall–Kier alpha value is -5.74. The van der Waals surface area contributed by atoms with Crippen molar-refractivity contribution in [2.24, 2.45) is 11.7 Å². The third-order valence-corrected chi connectivity index (χ3v) is 11.9. The van der Waals surface area contributed by atoms with Gasteiger partial charge in [-0.2, -0.15) is 0 Å². The van der Waals surface area contributed by atoms with E-state index in [9.17, 15) is 29.4 Å². The molecule has 8 rings (SSSR count). The van der Waals surface area contributed by atoms with E-state index in [1.54, 1.807) is 18.2 Å². The number of ketones is 2. The molecule has 2 unspecified atom stereocenters. The summed E-state index contributed by atoms with van der Waals surface area (Å²) in [5.74, 6) is 2.31. The third kappa shape index (κ3) is 17.3. The van der Waals surface area contributed by atoms with Gasteiger partial charge in [-0.3, -0.25) is 14.4 Å². The number of amides is 1. The molecular formula is C55H71BrN2O12. The van der Waals surface area contributed by atoms with Gasteiger partial charge in [-0.25, -0.2) is 4.79 Å². The molecule has 0 fully saturated rings. The number of aliphatic hydroxyl groups is 2. The lowest BCUT2D eigenvalue weighted by Crippen LogP contribution is -2.33. The van der Waals surface area contributed by atoms with Gasteiger partial charge in [0.2, 0.25) is 0 Å². The van der Waals surface area contributed by atoms with Gasteiger partial charge in [0.15, 0.2) is 11.6 Å². The van der Waals surface area contributed by atoms with Gasteiger partial charge in [-0.1, -0.05) is 78.3 Å². The molecule has 0 heterocycles. The Labute approximate surface area is 421 Å². The van der Waals surface area contributed by atoms with Gasteiger partial charge in [0.05, 0.1) is 30.4 Å². The van der Waals surface area contributed by atoms with Crippen molar-refractivity contribution in [2.45, 2.75) is 105 Å². The molecule has 15 heteroatoms. The maximum Gasteiger partial charge on any atom is 0.407 e.